The molecule has 3 rings (SSSR count). The average Bonchev–Trinajstić information content (AvgIpc) is 2.88. The fourth-order valence-electron chi connectivity index (χ4n) is 2.49. The maximum absolute atomic E-state index is 12.1. The number of hydrogen-bond acceptors (Lipinski definition) is 4. The van der Waals surface area contributed by atoms with Crippen LogP contribution in [0.1, 0.15) is 36.2 Å². The van der Waals surface area contributed by atoms with Crippen LogP contribution in [-0.4, -0.2) is 33.2 Å². The van der Waals surface area contributed by atoms with Crippen molar-refractivity contribution in [2.24, 2.45) is 5.73 Å². The molecule has 1 fully saturated rings. The van der Waals surface area contributed by atoms with Gasteiger partial charge in [0.15, 0.2) is 0 Å². The lowest BCUT2D eigenvalue weighted by Crippen LogP contribution is -2.40. The van der Waals surface area contributed by atoms with Crippen LogP contribution < -0.4 is 11.1 Å². The first kappa shape index (κ1) is 12.1. The van der Waals surface area contributed by atoms with Crippen LogP contribution in [0.3, 0.4) is 0 Å². The summed E-state index contributed by atoms with van der Waals surface area (Å²) in [4.78, 5) is 16.3. The van der Waals surface area contributed by atoms with Crippen molar-refractivity contribution in [3.05, 3.63) is 24.2 Å². The molecule has 0 unspecified atom stereocenters. The monoisotopic (exact) mass is 259 g/mol. The predicted octanol–water partition coefficient (Wildman–Crippen LogP) is 0.958. The number of pyridine rings is 1. The summed E-state index contributed by atoms with van der Waals surface area (Å²) in [6.45, 7) is 0. The number of amides is 1. The first-order chi connectivity index (χ1) is 9.22. The van der Waals surface area contributed by atoms with E-state index in [9.17, 15) is 4.79 Å². The van der Waals surface area contributed by atoms with Crippen LogP contribution in [0.5, 0.6) is 0 Å². The van der Waals surface area contributed by atoms with Crippen molar-refractivity contribution in [1.29, 1.82) is 0 Å². The highest BCUT2D eigenvalue weighted by molar-refractivity contribution is 5.95. The first-order valence-electron chi connectivity index (χ1n) is 6.58. The molecule has 2 aromatic rings. The van der Waals surface area contributed by atoms with E-state index in [2.05, 4.69) is 20.5 Å². The number of nitrogens with one attached hydrogen (secondary N) is 2. The van der Waals surface area contributed by atoms with E-state index in [0.717, 1.165) is 36.6 Å². The average molecular weight is 259 g/mol. The van der Waals surface area contributed by atoms with Crippen LogP contribution in [0.2, 0.25) is 0 Å². The molecule has 0 radical (unpaired) electrons. The number of rotatable bonds is 2. The Kier molecular flexibility index (Phi) is 3.16. The molecule has 19 heavy (non-hydrogen) atoms. The fourth-order valence-corrected chi connectivity index (χ4v) is 2.49. The summed E-state index contributed by atoms with van der Waals surface area (Å²) in [7, 11) is 0. The quantitative estimate of drug-likeness (QED) is 0.748. The Hall–Kier alpha value is -1.95. The molecule has 0 atom stereocenters. The van der Waals surface area contributed by atoms with E-state index >= 15 is 0 Å². The van der Waals surface area contributed by atoms with Crippen LogP contribution in [0.4, 0.5) is 0 Å². The third-order valence-electron chi connectivity index (χ3n) is 3.66. The Bertz CT molecular complexity index is 585. The number of nitrogens with two attached hydrogens (primary N) is 1. The van der Waals surface area contributed by atoms with Gasteiger partial charge in [-0.1, -0.05) is 0 Å². The Balaban J connectivity index is 1.69. The highest BCUT2D eigenvalue weighted by Gasteiger charge is 2.21. The molecule has 1 aliphatic rings. The minimum atomic E-state index is -0.122. The van der Waals surface area contributed by atoms with Crippen molar-refractivity contribution in [3.8, 4) is 0 Å². The number of aromatic nitrogens is 3. The van der Waals surface area contributed by atoms with Gasteiger partial charge >= 0.3 is 0 Å². The Morgan fingerprint density at radius 1 is 1.32 bits per heavy atom. The second-order valence-electron chi connectivity index (χ2n) is 5.11. The standard InChI is InChI=1S/C13H17N5O/c14-9-1-3-10(4-2-9)17-13(19)11-5-8-6-16-18-12(8)7-15-11/h5-7,9-10H,1-4,14H2,(H,16,18)(H,17,19)/t9-,10-. The van der Waals surface area contributed by atoms with Crippen LogP contribution in [0, 0.1) is 0 Å². The van der Waals surface area contributed by atoms with E-state index in [1.54, 1.807) is 18.5 Å². The van der Waals surface area contributed by atoms with Gasteiger partial charge in [-0.15, -0.1) is 0 Å². The highest BCUT2D eigenvalue weighted by Crippen LogP contribution is 2.17. The maximum Gasteiger partial charge on any atom is 0.270 e. The van der Waals surface area contributed by atoms with E-state index in [4.69, 9.17) is 5.73 Å². The van der Waals surface area contributed by atoms with Gasteiger partial charge in [-0.2, -0.15) is 5.10 Å². The molecule has 0 saturated heterocycles. The van der Waals surface area contributed by atoms with Crippen molar-refractivity contribution in [3.63, 3.8) is 0 Å². The number of hydrogen-bond donors (Lipinski definition) is 3. The molecular weight excluding hydrogens is 242 g/mol. The Morgan fingerprint density at radius 2 is 2.11 bits per heavy atom. The zero-order chi connectivity index (χ0) is 13.2. The molecule has 0 aliphatic heterocycles. The number of nitrogens with zero attached hydrogens (tertiary/aromatic N) is 2. The molecule has 6 nitrogen and oxygen atoms in total. The van der Waals surface area contributed by atoms with Crippen LogP contribution in [0.15, 0.2) is 18.5 Å². The van der Waals surface area contributed by atoms with Crippen molar-refractivity contribution in [2.45, 2.75) is 37.8 Å². The number of aromatic amines is 1. The summed E-state index contributed by atoms with van der Waals surface area (Å²) in [5.74, 6) is -0.122. The minimum absolute atomic E-state index is 0.122. The molecule has 0 aromatic carbocycles. The van der Waals surface area contributed by atoms with E-state index in [-0.39, 0.29) is 18.0 Å². The van der Waals surface area contributed by atoms with Crippen LogP contribution >= 0.6 is 0 Å². The lowest BCUT2D eigenvalue weighted by atomic mass is 9.92. The van der Waals surface area contributed by atoms with E-state index in [0.29, 0.717) is 5.69 Å². The molecule has 0 spiro atoms. The summed E-state index contributed by atoms with van der Waals surface area (Å²) >= 11 is 0. The Labute approximate surface area is 110 Å². The van der Waals surface area contributed by atoms with Gasteiger partial charge in [-0.05, 0) is 31.7 Å². The molecular formula is C13H17N5O. The van der Waals surface area contributed by atoms with Gasteiger partial charge in [0.05, 0.1) is 17.9 Å². The third kappa shape index (κ3) is 2.58. The summed E-state index contributed by atoms with van der Waals surface area (Å²) in [5, 5.41) is 10.6. The van der Waals surface area contributed by atoms with Gasteiger partial charge in [0, 0.05) is 17.5 Å². The van der Waals surface area contributed by atoms with Crippen molar-refractivity contribution >= 4 is 16.8 Å². The second kappa shape index (κ2) is 4.97. The van der Waals surface area contributed by atoms with E-state index in [1.807, 2.05) is 0 Å². The lowest BCUT2D eigenvalue weighted by molar-refractivity contribution is 0.0921. The SMILES string of the molecule is N[C@H]1CC[C@H](NC(=O)c2cc3cn[nH]c3cn2)CC1. The fraction of sp³-hybridized carbons (Fsp3) is 0.462. The van der Waals surface area contributed by atoms with Gasteiger partial charge in [0.1, 0.15) is 5.69 Å². The van der Waals surface area contributed by atoms with Gasteiger partial charge in [0.2, 0.25) is 0 Å². The highest BCUT2D eigenvalue weighted by atomic mass is 16.1. The van der Waals surface area contributed by atoms with Gasteiger partial charge in [-0.25, -0.2) is 4.98 Å². The molecule has 1 saturated carbocycles. The minimum Gasteiger partial charge on any atom is -0.348 e. The zero-order valence-electron chi connectivity index (χ0n) is 10.6. The number of carbonyl (C=O) groups excluding carboxylic acids is 1. The first-order valence-corrected chi connectivity index (χ1v) is 6.58. The van der Waals surface area contributed by atoms with Crippen LogP contribution in [0.25, 0.3) is 10.9 Å². The summed E-state index contributed by atoms with van der Waals surface area (Å²) in [6.07, 6.45) is 7.15. The summed E-state index contributed by atoms with van der Waals surface area (Å²) in [6, 6.07) is 2.26. The van der Waals surface area contributed by atoms with Gasteiger partial charge in [-0.3, -0.25) is 9.89 Å². The largest absolute Gasteiger partial charge is 0.348 e. The summed E-state index contributed by atoms with van der Waals surface area (Å²) < 4.78 is 0. The smallest absolute Gasteiger partial charge is 0.270 e. The summed E-state index contributed by atoms with van der Waals surface area (Å²) in [5.41, 5.74) is 7.12. The number of carbonyl (C=O) groups is 1. The topological polar surface area (TPSA) is 96.7 Å². The normalized spacial score (nSPS) is 23.4. The molecule has 4 N–H and O–H groups in total. The lowest BCUT2D eigenvalue weighted by Gasteiger charge is -2.26. The van der Waals surface area contributed by atoms with E-state index in [1.165, 1.54) is 0 Å². The molecule has 1 aliphatic carbocycles. The van der Waals surface area contributed by atoms with E-state index < -0.39 is 0 Å². The van der Waals surface area contributed by atoms with Crippen molar-refractivity contribution in [1.82, 2.24) is 20.5 Å². The molecule has 1 amide bonds. The molecule has 0 bridgehead atoms. The second-order valence-corrected chi connectivity index (χ2v) is 5.11. The molecule has 2 heterocycles. The zero-order valence-corrected chi connectivity index (χ0v) is 10.6. The molecule has 6 heteroatoms. The Morgan fingerprint density at radius 3 is 2.89 bits per heavy atom. The number of fused-ring (bicyclic) bond motifs is 1. The maximum atomic E-state index is 12.1. The van der Waals surface area contributed by atoms with Crippen molar-refractivity contribution < 1.29 is 4.79 Å². The van der Waals surface area contributed by atoms with Gasteiger partial charge < -0.3 is 11.1 Å². The third-order valence-corrected chi connectivity index (χ3v) is 3.66. The van der Waals surface area contributed by atoms with Gasteiger partial charge in [0.25, 0.3) is 5.91 Å². The molecule has 100 valence electrons. The van der Waals surface area contributed by atoms with Crippen molar-refractivity contribution in [2.75, 3.05) is 0 Å². The molecule has 2 aromatic heterocycles. The van der Waals surface area contributed by atoms with Crippen LogP contribution in [-0.2, 0) is 0 Å². The number of H-pyrrole nitrogens is 1. The predicted molar refractivity (Wildman–Crippen MR) is 71.6 cm³/mol.